The van der Waals surface area contributed by atoms with Crippen molar-refractivity contribution in [1.82, 2.24) is 5.32 Å². The van der Waals surface area contributed by atoms with Crippen molar-refractivity contribution in [1.29, 1.82) is 0 Å². The van der Waals surface area contributed by atoms with Crippen LogP contribution in [0.1, 0.15) is 5.56 Å². The molecule has 0 aliphatic heterocycles. The highest BCUT2D eigenvalue weighted by molar-refractivity contribution is 5.27. The molecular weight excluding hydrogens is 274 g/mol. The maximum Gasteiger partial charge on any atom is 0.118 e. The van der Waals surface area contributed by atoms with Gasteiger partial charge in [-0.3, -0.25) is 0 Å². The number of hydrogen-bond donors (Lipinski definition) is 5. The maximum atomic E-state index is 9.96. The van der Waals surface area contributed by atoms with Crippen LogP contribution in [0.15, 0.2) is 35.9 Å². The summed E-state index contributed by atoms with van der Waals surface area (Å²) in [6.07, 6.45) is -2.12. The fraction of sp³-hybridized carbons (Fsp3) is 0.467. The SMILES string of the molecule is COc1ccc(CN[C@H]2C=C(CO)[C@@H](O)C(O)[C@H]2O)cc1. The summed E-state index contributed by atoms with van der Waals surface area (Å²) in [4.78, 5) is 0. The highest BCUT2D eigenvalue weighted by Crippen LogP contribution is 2.20. The van der Waals surface area contributed by atoms with Crippen molar-refractivity contribution in [2.24, 2.45) is 0 Å². The monoisotopic (exact) mass is 295 g/mol. The van der Waals surface area contributed by atoms with Crippen LogP contribution >= 0.6 is 0 Å². The molecule has 1 aliphatic carbocycles. The van der Waals surface area contributed by atoms with E-state index in [0.29, 0.717) is 12.1 Å². The third-order valence-corrected chi connectivity index (χ3v) is 3.70. The second-order valence-corrected chi connectivity index (χ2v) is 5.08. The lowest BCUT2D eigenvalue weighted by Gasteiger charge is -2.34. The molecule has 1 aromatic carbocycles. The van der Waals surface area contributed by atoms with Gasteiger partial charge in [-0.15, -0.1) is 0 Å². The number of rotatable bonds is 5. The largest absolute Gasteiger partial charge is 0.497 e. The predicted molar refractivity (Wildman–Crippen MR) is 76.8 cm³/mol. The number of aliphatic hydroxyl groups is 4. The molecule has 1 aromatic rings. The van der Waals surface area contributed by atoms with E-state index >= 15 is 0 Å². The molecule has 1 unspecified atom stereocenters. The van der Waals surface area contributed by atoms with Crippen molar-refractivity contribution in [3.05, 3.63) is 41.5 Å². The summed E-state index contributed by atoms with van der Waals surface area (Å²) in [5.41, 5.74) is 1.29. The summed E-state index contributed by atoms with van der Waals surface area (Å²) in [7, 11) is 1.60. The zero-order valence-electron chi connectivity index (χ0n) is 11.8. The van der Waals surface area contributed by atoms with Gasteiger partial charge in [0, 0.05) is 6.54 Å². The number of methoxy groups -OCH3 is 1. The van der Waals surface area contributed by atoms with Crippen molar-refractivity contribution in [2.75, 3.05) is 13.7 Å². The minimum absolute atomic E-state index is 0.306. The first-order chi connectivity index (χ1) is 10.1. The van der Waals surface area contributed by atoms with Gasteiger partial charge in [-0.05, 0) is 23.3 Å². The first-order valence-corrected chi connectivity index (χ1v) is 6.78. The molecule has 4 atom stereocenters. The number of ether oxygens (including phenoxy) is 1. The van der Waals surface area contributed by atoms with Gasteiger partial charge in [0.2, 0.25) is 0 Å². The zero-order chi connectivity index (χ0) is 15.4. The standard InChI is InChI=1S/C15H21NO5/c1-21-11-4-2-9(3-5-11)7-16-12-6-10(8-17)13(18)15(20)14(12)19/h2-6,12-20H,7-8H2,1H3/t12-,13+,14-,15?/m0/s1. The van der Waals surface area contributed by atoms with Gasteiger partial charge in [0.25, 0.3) is 0 Å². The molecule has 0 saturated carbocycles. The molecule has 0 bridgehead atoms. The van der Waals surface area contributed by atoms with Gasteiger partial charge in [-0.25, -0.2) is 0 Å². The fourth-order valence-electron chi connectivity index (χ4n) is 2.35. The molecular formula is C15H21NO5. The number of hydrogen-bond acceptors (Lipinski definition) is 6. The summed E-state index contributed by atoms with van der Waals surface area (Å²) < 4.78 is 5.08. The quantitative estimate of drug-likeness (QED) is 0.454. The number of benzene rings is 1. The Bertz CT molecular complexity index is 487. The average molecular weight is 295 g/mol. The second kappa shape index (κ2) is 7.02. The molecule has 6 heteroatoms. The third-order valence-electron chi connectivity index (χ3n) is 3.70. The Morgan fingerprint density at radius 3 is 2.33 bits per heavy atom. The van der Waals surface area contributed by atoms with Gasteiger partial charge in [-0.1, -0.05) is 18.2 Å². The van der Waals surface area contributed by atoms with Crippen LogP contribution in [0.4, 0.5) is 0 Å². The summed E-state index contributed by atoms with van der Waals surface area (Å²) >= 11 is 0. The van der Waals surface area contributed by atoms with Crippen molar-refractivity contribution >= 4 is 0 Å². The molecule has 0 fully saturated rings. The highest BCUT2D eigenvalue weighted by atomic mass is 16.5. The summed E-state index contributed by atoms with van der Waals surface area (Å²) in [6.45, 7) is 0.120. The Morgan fingerprint density at radius 1 is 1.10 bits per heavy atom. The van der Waals surface area contributed by atoms with Crippen LogP contribution in [0, 0.1) is 0 Å². The molecule has 0 radical (unpaired) electrons. The Balaban J connectivity index is 2.02. The van der Waals surface area contributed by atoms with Gasteiger partial charge in [0.15, 0.2) is 0 Å². The Kier molecular flexibility index (Phi) is 5.33. The Hall–Kier alpha value is -1.44. The molecule has 1 aliphatic rings. The Labute approximate surface area is 123 Å². The lowest BCUT2D eigenvalue weighted by molar-refractivity contribution is -0.0643. The third kappa shape index (κ3) is 3.61. The van der Waals surface area contributed by atoms with E-state index in [2.05, 4.69) is 5.32 Å². The van der Waals surface area contributed by atoms with Crippen molar-refractivity contribution in [2.45, 2.75) is 30.9 Å². The summed E-state index contributed by atoms with van der Waals surface area (Å²) in [6, 6.07) is 6.92. The molecule has 0 heterocycles. The molecule has 5 N–H and O–H groups in total. The van der Waals surface area contributed by atoms with E-state index in [0.717, 1.165) is 11.3 Å². The molecule has 0 aromatic heterocycles. The van der Waals surface area contributed by atoms with Gasteiger partial charge in [0.05, 0.1) is 19.8 Å². The topological polar surface area (TPSA) is 102 Å². The van der Waals surface area contributed by atoms with Crippen LogP contribution in [-0.2, 0) is 6.54 Å². The molecule has 0 saturated heterocycles. The van der Waals surface area contributed by atoms with Gasteiger partial charge >= 0.3 is 0 Å². The lowest BCUT2D eigenvalue weighted by atomic mass is 9.88. The van der Waals surface area contributed by atoms with Crippen LogP contribution in [0.25, 0.3) is 0 Å². The molecule has 0 amide bonds. The normalized spacial score (nSPS) is 29.1. The Morgan fingerprint density at radius 2 is 1.76 bits per heavy atom. The van der Waals surface area contributed by atoms with Crippen molar-refractivity contribution in [3.8, 4) is 5.75 Å². The van der Waals surface area contributed by atoms with Crippen LogP contribution in [0.2, 0.25) is 0 Å². The van der Waals surface area contributed by atoms with Gasteiger partial charge in [-0.2, -0.15) is 0 Å². The van der Waals surface area contributed by atoms with Crippen LogP contribution in [-0.4, -0.2) is 58.5 Å². The lowest BCUT2D eigenvalue weighted by Crippen LogP contribution is -2.53. The van der Waals surface area contributed by atoms with E-state index in [1.807, 2.05) is 24.3 Å². The van der Waals surface area contributed by atoms with Gasteiger partial charge < -0.3 is 30.5 Å². The van der Waals surface area contributed by atoms with E-state index in [9.17, 15) is 15.3 Å². The van der Waals surface area contributed by atoms with Crippen LogP contribution < -0.4 is 10.1 Å². The summed E-state index contributed by atoms with van der Waals surface area (Å²) in [5, 5.41) is 41.7. The van der Waals surface area contributed by atoms with E-state index < -0.39 is 24.4 Å². The predicted octanol–water partition coefficient (Wildman–Crippen LogP) is -0.832. The van der Waals surface area contributed by atoms with E-state index in [4.69, 9.17) is 9.84 Å². The molecule has 0 spiro atoms. The van der Waals surface area contributed by atoms with Crippen LogP contribution in [0.5, 0.6) is 5.75 Å². The average Bonchev–Trinajstić information content (AvgIpc) is 2.52. The molecule has 21 heavy (non-hydrogen) atoms. The summed E-state index contributed by atoms with van der Waals surface area (Å²) in [5.74, 6) is 0.762. The first kappa shape index (κ1) is 15.9. The smallest absolute Gasteiger partial charge is 0.118 e. The van der Waals surface area contributed by atoms with Crippen molar-refractivity contribution < 1.29 is 25.2 Å². The molecule has 6 nitrogen and oxygen atoms in total. The fourth-order valence-corrected chi connectivity index (χ4v) is 2.35. The van der Waals surface area contributed by atoms with E-state index in [1.165, 1.54) is 0 Å². The molecule has 116 valence electrons. The number of nitrogens with one attached hydrogen (secondary N) is 1. The maximum absolute atomic E-state index is 9.96. The van der Waals surface area contributed by atoms with E-state index in [-0.39, 0.29) is 6.61 Å². The van der Waals surface area contributed by atoms with E-state index in [1.54, 1.807) is 13.2 Å². The van der Waals surface area contributed by atoms with Crippen molar-refractivity contribution in [3.63, 3.8) is 0 Å². The van der Waals surface area contributed by atoms with Gasteiger partial charge in [0.1, 0.15) is 24.1 Å². The minimum atomic E-state index is -1.31. The minimum Gasteiger partial charge on any atom is -0.497 e. The first-order valence-electron chi connectivity index (χ1n) is 6.78. The molecule has 2 rings (SSSR count). The second-order valence-electron chi connectivity index (χ2n) is 5.08. The highest BCUT2D eigenvalue weighted by Gasteiger charge is 2.36. The van der Waals surface area contributed by atoms with Crippen LogP contribution in [0.3, 0.4) is 0 Å². The number of aliphatic hydroxyl groups excluding tert-OH is 4. The zero-order valence-corrected chi connectivity index (χ0v) is 11.8.